The van der Waals surface area contributed by atoms with Crippen molar-refractivity contribution in [2.24, 2.45) is 22.7 Å². The first-order chi connectivity index (χ1) is 11.7. The second-order valence-electron chi connectivity index (χ2n) is 8.81. The summed E-state index contributed by atoms with van der Waals surface area (Å²) in [5, 5.41) is 31.4. The Morgan fingerprint density at radius 3 is 2.76 bits per heavy atom. The lowest BCUT2D eigenvalue weighted by molar-refractivity contribution is -0.160. The van der Waals surface area contributed by atoms with Crippen LogP contribution in [0.15, 0.2) is 23.3 Å². The lowest BCUT2D eigenvalue weighted by atomic mass is 9.48. The molecule has 0 aromatic rings. The van der Waals surface area contributed by atoms with Gasteiger partial charge in [-0.2, -0.15) is 0 Å². The average Bonchev–Trinajstić information content (AvgIpc) is 2.99. The van der Waals surface area contributed by atoms with Crippen molar-refractivity contribution in [3.05, 3.63) is 23.3 Å². The van der Waals surface area contributed by atoms with Crippen molar-refractivity contribution >= 4 is 11.6 Å². The van der Waals surface area contributed by atoms with Gasteiger partial charge >= 0.3 is 0 Å². The van der Waals surface area contributed by atoms with E-state index in [9.17, 15) is 24.9 Å². The van der Waals surface area contributed by atoms with Gasteiger partial charge in [-0.25, -0.2) is 0 Å². The Balaban J connectivity index is 1.76. The highest BCUT2D eigenvalue weighted by atomic mass is 16.3. The first-order valence-corrected chi connectivity index (χ1v) is 9.16. The molecule has 3 N–H and O–H groups in total. The first kappa shape index (κ1) is 17.1. The number of ketones is 2. The molecule has 2 saturated carbocycles. The molecule has 0 amide bonds. The number of carbonyl (C=O) groups excluding carboxylic acids is 2. The summed E-state index contributed by atoms with van der Waals surface area (Å²) >= 11 is 0. The van der Waals surface area contributed by atoms with Gasteiger partial charge in [-0.1, -0.05) is 31.1 Å². The van der Waals surface area contributed by atoms with Gasteiger partial charge in [0.1, 0.15) is 12.2 Å². The van der Waals surface area contributed by atoms with Gasteiger partial charge in [-0.3, -0.25) is 9.59 Å². The van der Waals surface area contributed by atoms with Gasteiger partial charge in [0.05, 0.1) is 6.10 Å². The zero-order valence-corrected chi connectivity index (χ0v) is 14.8. The third kappa shape index (κ3) is 1.95. The zero-order valence-electron chi connectivity index (χ0n) is 14.8. The largest absolute Gasteiger partial charge is 0.393 e. The Kier molecular flexibility index (Phi) is 3.51. The van der Waals surface area contributed by atoms with E-state index in [0.29, 0.717) is 6.42 Å². The van der Waals surface area contributed by atoms with Crippen molar-refractivity contribution in [3.63, 3.8) is 0 Å². The number of hydrogen-bond donors (Lipinski definition) is 3. The van der Waals surface area contributed by atoms with E-state index >= 15 is 0 Å². The number of carbonyl (C=O) groups is 2. The Morgan fingerprint density at radius 1 is 1.36 bits per heavy atom. The quantitative estimate of drug-likeness (QED) is 0.656. The van der Waals surface area contributed by atoms with E-state index in [2.05, 4.69) is 6.92 Å². The third-order valence-electron chi connectivity index (χ3n) is 7.71. The summed E-state index contributed by atoms with van der Waals surface area (Å²) in [6, 6.07) is 0. The molecule has 0 aromatic carbocycles. The standard InChI is InChI=1S/C20H26O5/c1-18-8-12(22)7-11(18)3-4-13-14-5-6-20(25,16(24)10-21)19(14,2)9-15(23)17(13)18/h5,7,13,15,17,21,23,25H,3-4,6,8-10H2,1-2H3/t13-,15-,17+,18-,19-,20-/m0/s1. The molecule has 6 atom stereocenters. The van der Waals surface area contributed by atoms with Crippen LogP contribution >= 0.6 is 0 Å². The van der Waals surface area contributed by atoms with E-state index in [1.165, 1.54) is 0 Å². The van der Waals surface area contributed by atoms with Crippen molar-refractivity contribution in [3.8, 4) is 0 Å². The highest BCUT2D eigenvalue weighted by Gasteiger charge is 2.65. The second kappa shape index (κ2) is 5.12. The van der Waals surface area contributed by atoms with Gasteiger partial charge < -0.3 is 15.3 Å². The van der Waals surface area contributed by atoms with Crippen molar-refractivity contribution in [2.75, 3.05) is 6.61 Å². The van der Waals surface area contributed by atoms with Gasteiger partial charge in [0.2, 0.25) is 0 Å². The predicted octanol–water partition coefficient (Wildman–Crippen LogP) is 1.31. The number of rotatable bonds is 2. The molecular formula is C20H26O5. The number of aliphatic hydroxyl groups excluding tert-OH is 2. The van der Waals surface area contributed by atoms with Crippen LogP contribution in [0.25, 0.3) is 0 Å². The van der Waals surface area contributed by atoms with Gasteiger partial charge in [0, 0.05) is 29.6 Å². The summed E-state index contributed by atoms with van der Waals surface area (Å²) in [5.74, 6) is -0.455. The Labute approximate surface area is 147 Å². The van der Waals surface area contributed by atoms with E-state index in [-0.39, 0.29) is 35.9 Å². The van der Waals surface area contributed by atoms with Gasteiger partial charge in [0.25, 0.3) is 0 Å². The van der Waals surface area contributed by atoms with Crippen LogP contribution in [0, 0.1) is 22.7 Å². The van der Waals surface area contributed by atoms with E-state index in [1.54, 1.807) is 6.08 Å². The summed E-state index contributed by atoms with van der Waals surface area (Å²) in [6.45, 7) is 3.22. The summed E-state index contributed by atoms with van der Waals surface area (Å²) < 4.78 is 0. The molecule has 0 radical (unpaired) electrons. The normalized spacial score (nSPS) is 48.4. The van der Waals surface area contributed by atoms with Crippen LogP contribution in [-0.4, -0.2) is 45.2 Å². The molecule has 0 bridgehead atoms. The lowest BCUT2D eigenvalue weighted by Crippen LogP contribution is -2.60. The fourth-order valence-electron chi connectivity index (χ4n) is 6.44. The number of hydrogen-bond acceptors (Lipinski definition) is 5. The smallest absolute Gasteiger partial charge is 0.190 e. The topological polar surface area (TPSA) is 94.8 Å². The van der Waals surface area contributed by atoms with Crippen LogP contribution in [0.1, 0.15) is 46.0 Å². The SMILES string of the molecule is C[C@]12CC(=O)C=C1CC[C@H]1C3=CC[C@](O)(C(=O)CO)[C@@]3(C)C[C@H](O)[C@@H]12. The second-order valence-corrected chi connectivity index (χ2v) is 8.81. The van der Waals surface area contributed by atoms with Crippen LogP contribution in [-0.2, 0) is 9.59 Å². The molecule has 136 valence electrons. The number of allylic oxidation sites excluding steroid dienone is 2. The Hall–Kier alpha value is -1.30. The van der Waals surface area contributed by atoms with Crippen LogP contribution in [0.2, 0.25) is 0 Å². The van der Waals surface area contributed by atoms with E-state index < -0.39 is 29.5 Å². The van der Waals surface area contributed by atoms with Crippen LogP contribution < -0.4 is 0 Å². The first-order valence-electron chi connectivity index (χ1n) is 9.16. The maximum Gasteiger partial charge on any atom is 0.190 e. The molecule has 0 aliphatic heterocycles. The zero-order chi connectivity index (χ0) is 18.2. The number of aliphatic hydroxyl groups is 3. The third-order valence-corrected chi connectivity index (χ3v) is 7.71. The molecule has 4 aliphatic carbocycles. The van der Waals surface area contributed by atoms with Gasteiger partial charge in [-0.05, 0) is 31.3 Å². The maximum atomic E-state index is 12.3. The number of Topliss-reactive ketones (excluding diaryl/α,β-unsaturated/α-hetero) is 1. The molecule has 0 aromatic heterocycles. The van der Waals surface area contributed by atoms with Crippen molar-refractivity contribution in [2.45, 2.75) is 57.7 Å². The molecule has 5 nitrogen and oxygen atoms in total. The lowest BCUT2D eigenvalue weighted by Gasteiger charge is -2.57. The minimum Gasteiger partial charge on any atom is -0.393 e. The molecule has 4 aliphatic rings. The summed E-state index contributed by atoms with van der Waals surface area (Å²) in [6.07, 6.45) is 5.55. The van der Waals surface area contributed by atoms with Crippen molar-refractivity contribution in [1.82, 2.24) is 0 Å². The average molecular weight is 346 g/mol. The van der Waals surface area contributed by atoms with Gasteiger partial charge in [0.15, 0.2) is 11.6 Å². The molecule has 0 saturated heterocycles. The molecule has 0 heterocycles. The minimum absolute atomic E-state index is 0.0577. The van der Waals surface area contributed by atoms with E-state index in [1.807, 2.05) is 13.0 Å². The molecule has 4 rings (SSSR count). The molecule has 5 heteroatoms. The fraction of sp³-hybridized carbons (Fsp3) is 0.700. The molecule has 0 spiro atoms. The van der Waals surface area contributed by atoms with Crippen molar-refractivity contribution in [1.29, 1.82) is 0 Å². The summed E-state index contributed by atoms with van der Waals surface area (Å²) in [4.78, 5) is 24.3. The Bertz CT molecular complexity index is 722. The summed E-state index contributed by atoms with van der Waals surface area (Å²) in [5.41, 5.74) is -0.656. The van der Waals surface area contributed by atoms with E-state index in [4.69, 9.17) is 0 Å². The van der Waals surface area contributed by atoms with Crippen LogP contribution in [0.3, 0.4) is 0 Å². The molecule has 0 unspecified atom stereocenters. The fourth-order valence-corrected chi connectivity index (χ4v) is 6.44. The molecule has 25 heavy (non-hydrogen) atoms. The predicted molar refractivity (Wildman–Crippen MR) is 90.5 cm³/mol. The van der Waals surface area contributed by atoms with Gasteiger partial charge in [-0.15, -0.1) is 0 Å². The van der Waals surface area contributed by atoms with E-state index in [0.717, 1.165) is 24.0 Å². The molecular weight excluding hydrogens is 320 g/mol. The number of fused-ring (bicyclic) bond motifs is 5. The Morgan fingerprint density at radius 2 is 2.08 bits per heavy atom. The van der Waals surface area contributed by atoms with Crippen molar-refractivity contribution < 1.29 is 24.9 Å². The maximum absolute atomic E-state index is 12.3. The monoisotopic (exact) mass is 346 g/mol. The highest BCUT2D eigenvalue weighted by Crippen LogP contribution is 2.66. The molecule has 2 fully saturated rings. The highest BCUT2D eigenvalue weighted by molar-refractivity contribution is 5.94. The van der Waals surface area contributed by atoms with Crippen LogP contribution in [0.5, 0.6) is 0 Å². The minimum atomic E-state index is -1.65. The summed E-state index contributed by atoms with van der Waals surface area (Å²) in [7, 11) is 0. The van der Waals surface area contributed by atoms with Crippen LogP contribution in [0.4, 0.5) is 0 Å².